The number of nitrogens with one attached hydrogen (secondary N) is 1. The van der Waals surface area contributed by atoms with E-state index in [0.717, 1.165) is 58.4 Å². The second-order valence-corrected chi connectivity index (χ2v) is 5.43. The van der Waals surface area contributed by atoms with Crippen LogP contribution in [-0.2, 0) is 4.79 Å². The van der Waals surface area contributed by atoms with Gasteiger partial charge in [-0.05, 0) is 45.3 Å². The lowest BCUT2D eigenvalue weighted by atomic mass is 10.0. The molecule has 4 heteroatoms. The molecule has 0 aromatic carbocycles. The van der Waals surface area contributed by atoms with Gasteiger partial charge < -0.3 is 15.1 Å². The van der Waals surface area contributed by atoms with Gasteiger partial charge in [-0.1, -0.05) is 13.8 Å². The third-order valence-corrected chi connectivity index (χ3v) is 4.46. The fraction of sp³-hybridized carbons (Fsp3) is 0.929. The van der Waals surface area contributed by atoms with Crippen LogP contribution in [0, 0.1) is 0 Å². The van der Waals surface area contributed by atoms with Crippen molar-refractivity contribution in [3.63, 3.8) is 0 Å². The van der Waals surface area contributed by atoms with Gasteiger partial charge in [0.1, 0.15) is 0 Å². The van der Waals surface area contributed by atoms with Gasteiger partial charge >= 0.3 is 0 Å². The molecule has 2 rings (SSSR count). The van der Waals surface area contributed by atoms with Crippen LogP contribution < -0.4 is 5.32 Å². The van der Waals surface area contributed by atoms with Crippen LogP contribution in [0.1, 0.15) is 39.5 Å². The first-order valence-corrected chi connectivity index (χ1v) is 7.52. The Morgan fingerprint density at radius 2 is 1.89 bits per heavy atom. The molecule has 2 fully saturated rings. The summed E-state index contributed by atoms with van der Waals surface area (Å²) in [5, 5.41) is 3.31. The SMILES string of the molecule is CCN(CC)C1CCN(C(=O)[C@H]2CCCN2)CC1. The number of hydrogen-bond acceptors (Lipinski definition) is 3. The summed E-state index contributed by atoms with van der Waals surface area (Å²) in [6.45, 7) is 9.59. The zero-order valence-electron chi connectivity index (χ0n) is 11.8. The van der Waals surface area contributed by atoms with E-state index in [1.165, 1.54) is 0 Å². The van der Waals surface area contributed by atoms with Gasteiger partial charge in [0.05, 0.1) is 6.04 Å². The summed E-state index contributed by atoms with van der Waals surface area (Å²) < 4.78 is 0. The van der Waals surface area contributed by atoms with E-state index >= 15 is 0 Å². The predicted molar refractivity (Wildman–Crippen MR) is 73.5 cm³/mol. The summed E-state index contributed by atoms with van der Waals surface area (Å²) in [5.41, 5.74) is 0. The van der Waals surface area contributed by atoms with E-state index in [4.69, 9.17) is 0 Å². The highest BCUT2D eigenvalue weighted by atomic mass is 16.2. The molecule has 104 valence electrons. The first kappa shape index (κ1) is 13.8. The van der Waals surface area contributed by atoms with Crippen LogP contribution in [0.3, 0.4) is 0 Å². The smallest absolute Gasteiger partial charge is 0.239 e. The molecule has 0 unspecified atom stereocenters. The summed E-state index contributed by atoms with van der Waals surface area (Å²) >= 11 is 0. The molecule has 2 saturated heterocycles. The van der Waals surface area contributed by atoms with Crippen molar-refractivity contribution < 1.29 is 4.79 Å². The molecule has 1 atom stereocenters. The number of carbonyl (C=O) groups excluding carboxylic acids is 1. The quantitative estimate of drug-likeness (QED) is 0.814. The van der Waals surface area contributed by atoms with Crippen molar-refractivity contribution in [3.8, 4) is 0 Å². The standard InChI is InChI=1S/C14H27N3O/c1-3-16(4-2)12-7-10-17(11-8-12)14(18)13-6-5-9-15-13/h12-13,15H,3-11H2,1-2H3/t13-/m1/s1. The van der Waals surface area contributed by atoms with Crippen molar-refractivity contribution in [2.75, 3.05) is 32.7 Å². The molecule has 0 aromatic rings. The minimum absolute atomic E-state index is 0.106. The van der Waals surface area contributed by atoms with Gasteiger partial charge in [-0.25, -0.2) is 0 Å². The fourth-order valence-corrected chi connectivity index (χ4v) is 3.31. The van der Waals surface area contributed by atoms with E-state index in [1.807, 2.05) is 0 Å². The van der Waals surface area contributed by atoms with Gasteiger partial charge in [0.2, 0.25) is 5.91 Å². The lowest BCUT2D eigenvalue weighted by Gasteiger charge is -2.38. The molecule has 0 aromatic heterocycles. The van der Waals surface area contributed by atoms with E-state index < -0.39 is 0 Å². The average Bonchev–Trinajstić information content (AvgIpc) is 2.94. The van der Waals surface area contributed by atoms with Crippen molar-refractivity contribution in [2.24, 2.45) is 0 Å². The summed E-state index contributed by atoms with van der Waals surface area (Å²) in [7, 11) is 0. The molecular formula is C14H27N3O. The Kier molecular flexibility index (Phi) is 5.01. The molecule has 0 saturated carbocycles. The van der Waals surface area contributed by atoms with Gasteiger partial charge in [0.15, 0.2) is 0 Å². The van der Waals surface area contributed by atoms with Crippen LogP contribution in [0.5, 0.6) is 0 Å². The Balaban J connectivity index is 1.80. The number of piperidine rings is 1. The van der Waals surface area contributed by atoms with Crippen molar-refractivity contribution in [3.05, 3.63) is 0 Å². The first-order valence-electron chi connectivity index (χ1n) is 7.52. The highest BCUT2D eigenvalue weighted by Crippen LogP contribution is 2.18. The minimum Gasteiger partial charge on any atom is -0.341 e. The lowest BCUT2D eigenvalue weighted by molar-refractivity contribution is -0.134. The van der Waals surface area contributed by atoms with E-state index in [1.54, 1.807) is 0 Å². The van der Waals surface area contributed by atoms with Crippen molar-refractivity contribution in [1.82, 2.24) is 15.1 Å². The van der Waals surface area contributed by atoms with E-state index in [9.17, 15) is 4.79 Å². The fourth-order valence-electron chi connectivity index (χ4n) is 3.31. The van der Waals surface area contributed by atoms with Crippen molar-refractivity contribution >= 4 is 5.91 Å². The number of amides is 1. The van der Waals surface area contributed by atoms with Gasteiger partial charge in [0, 0.05) is 19.1 Å². The molecule has 4 nitrogen and oxygen atoms in total. The Labute approximate surface area is 111 Å². The number of rotatable bonds is 4. The molecule has 0 spiro atoms. The molecule has 0 bridgehead atoms. The summed E-state index contributed by atoms with van der Waals surface area (Å²) in [6.07, 6.45) is 4.45. The molecule has 2 heterocycles. The normalized spacial score (nSPS) is 25.9. The second kappa shape index (κ2) is 6.53. The van der Waals surface area contributed by atoms with Crippen LogP contribution in [-0.4, -0.2) is 60.5 Å². The van der Waals surface area contributed by atoms with Gasteiger partial charge in [0.25, 0.3) is 0 Å². The molecule has 18 heavy (non-hydrogen) atoms. The van der Waals surface area contributed by atoms with E-state index in [-0.39, 0.29) is 6.04 Å². The molecule has 2 aliphatic rings. The number of carbonyl (C=O) groups is 1. The maximum atomic E-state index is 12.3. The monoisotopic (exact) mass is 253 g/mol. The Morgan fingerprint density at radius 3 is 2.39 bits per heavy atom. The zero-order chi connectivity index (χ0) is 13.0. The summed E-state index contributed by atoms with van der Waals surface area (Å²) in [5.74, 6) is 0.338. The topological polar surface area (TPSA) is 35.6 Å². The zero-order valence-corrected chi connectivity index (χ0v) is 11.8. The maximum absolute atomic E-state index is 12.3. The minimum atomic E-state index is 0.106. The first-order chi connectivity index (χ1) is 8.76. The number of nitrogens with zero attached hydrogens (tertiary/aromatic N) is 2. The predicted octanol–water partition coefficient (Wildman–Crippen LogP) is 1.07. The Bertz CT molecular complexity index is 264. The second-order valence-electron chi connectivity index (χ2n) is 5.43. The average molecular weight is 253 g/mol. The summed E-state index contributed by atoms with van der Waals surface area (Å²) in [4.78, 5) is 16.9. The van der Waals surface area contributed by atoms with Gasteiger partial charge in [-0.15, -0.1) is 0 Å². The lowest BCUT2D eigenvalue weighted by Crippen LogP contribution is -2.50. The molecule has 0 radical (unpaired) electrons. The Hall–Kier alpha value is -0.610. The molecule has 1 N–H and O–H groups in total. The maximum Gasteiger partial charge on any atom is 0.239 e. The van der Waals surface area contributed by atoms with Crippen LogP contribution in [0.25, 0.3) is 0 Å². The van der Waals surface area contributed by atoms with Crippen LogP contribution in [0.4, 0.5) is 0 Å². The van der Waals surface area contributed by atoms with Crippen LogP contribution in [0.2, 0.25) is 0 Å². The van der Waals surface area contributed by atoms with Crippen LogP contribution in [0.15, 0.2) is 0 Å². The number of hydrogen-bond donors (Lipinski definition) is 1. The highest BCUT2D eigenvalue weighted by Gasteiger charge is 2.30. The molecule has 2 aliphatic heterocycles. The highest BCUT2D eigenvalue weighted by molar-refractivity contribution is 5.82. The van der Waals surface area contributed by atoms with Gasteiger partial charge in [-0.3, -0.25) is 4.79 Å². The van der Waals surface area contributed by atoms with Crippen molar-refractivity contribution in [1.29, 1.82) is 0 Å². The third kappa shape index (κ3) is 3.04. The van der Waals surface area contributed by atoms with E-state index in [2.05, 4.69) is 29.0 Å². The van der Waals surface area contributed by atoms with Gasteiger partial charge in [-0.2, -0.15) is 0 Å². The third-order valence-electron chi connectivity index (χ3n) is 4.46. The van der Waals surface area contributed by atoms with Crippen LogP contribution >= 0.6 is 0 Å². The molecule has 1 amide bonds. The number of likely N-dealkylation sites (tertiary alicyclic amines) is 1. The Morgan fingerprint density at radius 1 is 1.22 bits per heavy atom. The largest absolute Gasteiger partial charge is 0.341 e. The van der Waals surface area contributed by atoms with E-state index in [0.29, 0.717) is 11.9 Å². The van der Waals surface area contributed by atoms with Crippen molar-refractivity contribution in [2.45, 2.75) is 51.6 Å². The molecule has 0 aliphatic carbocycles. The summed E-state index contributed by atoms with van der Waals surface area (Å²) in [6, 6.07) is 0.788. The molecular weight excluding hydrogens is 226 g/mol.